The summed E-state index contributed by atoms with van der Waals surface area (Å²) in [5.41, 5.74) is 1.38. The molecule has 0 saturated carbocycles. The van der Waals surface area contributed by atoms with Crippen molar-refractivity contribution in [3.63, 3.8) is 0 Å². The van der Waals surface area contributed by atoms with E-state index in [-0.39, 0.29) is 23.8 Å². The molecule has 31 heavy (non-hydrogen) atoms. The number of nitrogens with one attached hydrogen (secondary N) is 1. The zero-order valence-electron chi connectivity index (χ0n) is 16.1. The monoisotopic (exact) mass is 433 g/mol. The van der Waals surface area contributed by atoms with Crippen LogP contribution in [0.2, 0.25) is 0 Å². The Hall–Kier alpha value is -3.77. The number of anilines is 2. The van der Waals surface area contributed by atoms with Crippen molar-refractivity contribution in [3.05, 3.63) is 54.3 Å². The average Bonchev–Trinajstić information content (AvgIpc) is 3.42. The maximum atomic E-state index is 13.0. The Morgan fingerprint density at radius 3 is 2.84 bits per heavy atom. The molecule has 0 spiro atoms. The minimum Gasteiger partial charge on any atom is -0.453 e. The smallest absolute Gasteiger partial charge is 0.344 e. The number of hydrogen-bond acceptors (Lipinski definition) is 7. The highest BCUT2D eigenvalue weighted by Gasteiger charge is 2.58. The van der Waals surface area contributed by atoms with Crippen LogP contribution in [-0.4, -0.2) is 29.3 Å². The first-order valence-electron chi connectivity index (χ1n) is 9.53. The van der Waals surface area contributed by atoms with E-state index in [4.69, 9.17) is 9.15 Å². The number of benzene rings is 2. The lowest BCUT2D eigenvalue weighted by molar-refractivity contribution is -0.149. The van der Waals surface area contributed by atoms with Crippen molar-refractivity contribution in [1.82, 2.24) is 0 Å². The third-order valence-electron chi connectivity index (χ3n) is 5.29. The van der Waals surface area contributed by atoms with Crippen molar-refractivity contribution in [1.29, 1.82) is 5.26 Å². The summed E-state index contributed by atoms with van der Waals surface area (Å²) in [5.74, 6) is -1.44. The van der Waals surface area contributed by atoms with Gasteiger partial charge in [-0.3, -0.25) is 14.5 Å². The van der Waals surface area contributed by atoms with E-state index in [0.717, 1.165) is 4.90 Å². The minimum atomic E-state index is -1.19. The fourth-order valence-electron chi connectivity index (χ4n) is 3.94. The molecule has 0 radical (unpaired) electrons. The van der Waals surface area contributed by atoms with Gasteiger partial charge in [-0.05, 0) is 24.3 Å². The minimum absolute atomic E-state index is 0.0335. The van der Waals surface area contributed by atoms with Gasteiger partial charge in [0.2, 0.25) is 11.7 Å². The number of carbonyl (C=O) groups is 3. The van der Waals surface area contributed by atoms with Crippen LogP contribution in [-0.2, 0) is 19.1 Å². The Balaban J connectivity index is 1.32. The molecule has 154 valence electrons. The number of nitrogens with zero attached hydrogens (tertiary/aromatic N) is 2. The highest BCUT2D eigenvalue weighted by molar-refractivity contribution is 8.02. The SMILES string of the molecule is N#Cc1oc2ccccc2c1NC(=O)COC(=O)[C@]12CCC(=O)N1c1ccccc1S2. The van der Waals surface area contributed by atoms with Gasteiger partial charge in [-0.1, -0.05) is 36.0 Å². The summed E-state index contributed by atoms with van der Waals surface area (Å²) in [5, 5.41) is 12.5. The van der Waals surface area contributed by atoms with Crippen molar-refractivity contribution in [2.24, 2.45) is 0 Å². The van der Waals surface area contributed by atoms with Crippen molar-refractivity contribution < 1.29 is 23.5 Å². The number of para-hydroxylation sites is 2. The highest BCUT2D eigenvalue weighted by atomic mass is 32.2. The number of furan rings is 1. The second kappa shape index (κ2) is 7.18. The highest BCUT2D eigenvalue weighted by Crippen LogP contribution is 2.56. The van der Waals surface area contributed by atoms with E-state index in [1.54, 1.807) is 30.3 Å². The van der Waals surface area contributed by atoms with Gasteiger partial charge in [-0.15, -0.1) is 0 Å². The first kappa shape index (κ1) is 19.2. The first-order chi connectivity index (χ1) is 15.0. The molecule has 9 heteroatoms. The van der Waals surface area contributed by atoms with Crippen LogP contribution in [0.15, 0.2) is 57.8 Å². The molecule has 1 saturated heterocycles. The first-order valence-corrected chi connectivity index (χ1v) is 10.3. The Labute approximate surface area is 180 Å². The number of fused-ring (bicyclic) bond motifs is 4. The zero-order valence-corrected chi connectivity index (χ0v) is 16.9. The van der Waals surface area contributed by atoms with Gasteiger partial charge in [-0.25, -0.2) is 4.79 Å². The molecule has 1 N–H and O–H groups in total. The molecule has 1 aromatic heterocycles. The van der Waals surface area contributed by atoms with Crippen LogP contribution in [0.3, 0.4) is 0 Å². The largest absolute Gasteiger partial charge is 0.453 e. The third kappa shape index (κ3) is 2.95. The van der Waals surface area contributed by atoms with Gasteiger partial charge >= 0.3 is 5.97 Å². The number of hydrogen-bond donors (Lipinski definition) is 1. The van der Waals surface area contributed by atoms with E-state index in [9.17, 15) is 19.6 Å². The summed E-state index contributed by atoms with van der Waals surface area (Å²) in [7, 11) is 0. The molecule has 2 aromatic carbocycles. The summed E-state index contributed by atoms with van der Waals surface area (Å²) in [6, 6.07) is 16.1. The summed E-state index contributed by atoms with van der Waals surface area (Å²) in [6.07, 6.45) is 0.533. The molecule has 8 nitrogen and oxygen atoms in total. The number of thioether (sulfide) groups is 1. The number of nitriles is 1. The molecule has 0 unspecified atom stereocenters. The molecule has 0 bridgehead atoms. The Morgan fingerprint density at radius 2 is 2.00 bits per heavy atom. The summed E-state index contributed by atoms with van der Waals surface area (Å²) >= 11 is 1.27. The van der Waals surface area contributed by atoms with Crippen molar-refractivity contribution >= 4 is 51.9 Å². The summed E-state index contributed by atoms with van der Waals surface area (Å²) in [4.78, 5) is 39.1. The van der Waals surface area contributed by atoms with Gasteiger partial charge in [-0.2, -0.15) is 5.26 Å². The zero-order chi connectivity index (χ0) is 21.6. The molecular weight excluding hydrogens is 418 g/mol. The lowest BCUT2D eigenvalue weighted by Gasteiger charge is -2.28. The molecule has 2 aliphatic heterocycles. The summed E-state index contributed by atoms with van der Waals surface area (Å²) < 4.78 is 10.8. The number of amides is 2. The molecule has 5 rings (SSSR count). The Kier molecular flexibility index (Phi) is 4.45. The second-order valence-corrected chi connectivity index (χ2v) is 8.44. The van der Waals surface area contributed by atoms with E-state index in [2.05, 4.69) is 5.32 Å². The van der Waals surface area contributed by atoms with E-state index in [1.807, 2.05) is 24.3 Å². The predicted octanol–water partition coefficient (Wildman–Crippen LogP) is 3.42. The molecule has 1 fully saturated rings. The maximum Gasteiger partial charge on any atom is 0.344 e. The molecule has 0 aliphatic carbocycles. The lowest BCUT2D eigenvalue weighted by Crippen LogP contribution is -2.48. The van der Waals surface area contributed by atoms with E-state index in [1.165, 1.54) is 16.7 Å². The maximum absolute atomic E-state index is 13.0. The number of carbonyl (C=O) groups excluding carboxylic acids is 3. The van der Waals surface area contributed by atoms with Crippen molar-refractivity contribution in [2.45, 2.75) is 22.6 Å². The number of esters is 1. The standard InChI is InChI=1S/C22H15N3O5S/c23-11-16-20(13-5-1-3-7-15(13)30-16)24-18(26)12-29-21(28)22-10-9-19(27)25(22)14-6-2-4-8-17(14)31-22/h1-8H,9-10,12H2,(H,24,26)/t22-/m1/s1. The average molecular weight is 433 g/mol. The van der Waals surface area contributed by atoms with Gasteiger partial charge in [0.15, 0.2) is 11.5 Å². The topological polar surface area (TPSA) is 113 Å². The second-order valence-electron chi connectivity index (χ2n) is 7.12. The van der Waals surface area contributed by atoms with Gasteiger partial charge in [0.25, 0.3) is 5.91 Å². The normalized spacial score (nSPS) is 19.1. The van der Waals surface area contributed by atoms with Crippen LogP contribution in [0.1, 0.15) is 18.6 Å². The van der Waals surface area contributed by atoms with E-state index >= 15 is 0 Å². The van der Waals surface area contributed by atoms with Crippen LogP contribution in [0.5, 0.6) is 0 Å². The van der Waals surface area contributed by atoms with Crippen LogP contribution in [0.25, 0.3) is 11.0 Å². The van der Waals surface area contributed by atoms with E-state index < -0.39 is 23.4 Å². The molecule has 2 amide bonds. The van der Waals surface area contributed by atoms with Gasteiger partial charge in [0.1, 0.15) is 17.3 Å². The van der Waals surface area contributed by atoms with Crippen LogP contribution < -0.4 is 10.2 Å². The third-order valence-corrected chi connectivity index (χ3v) is 6.74. The lowest BCUT2D eigenvalue weighted by atomic mass is 10.2. The molecular formula is C22H15N3O5S. The predicted molar refractivity (Wildman–Crippen MR) is 112 cm³/mol. The quantitative estimate of drug-likeness (QED) is 0.627. The fraction of sp³-hybridized carbons (Fsp3) is 0.182. The van der Waals surface area contributed by atoms with Crippen LogP contribution in [0.4, 0.5) is 11.4 Å². The van der Waals surface area contributed by atoms with E-state index in [0.29, 0.717) is 23.1 Å². The van der Waals surface area contributed by atoms with Gasteiger partial charge in [0.05, 0.1) is 5.69 Å². The van der Waals surface area contributed by atoms with Crippen molar-refractivity contribution in [3.8, 4) is 6.07 Å². The van der Waals surface area contributed by atoms with Gasteiger partial charge < -0.3 is 14.5 Å². The summed E-state index contributed by atoms with van der Waals surface area (Å²) in [6.45, 7) is -0.552. The van der Waals surface area contributed by atoms with Crippen LogP contribution in [0, 0.1) is 11.3 Å². The Bertz CT molecular complexity index is 1290. The number of rotatable bonds is 4. The molecule has 2 aliphatic rings. The van der Waals surface area contributed by atoms with Gasteiger partial charge in [0, 0.05) is 23.1 Å². The fourth-order valence-corrected chi connectivity index (χ4v) is 5.35. The van der Waals surface area contributed by atoms with Crippen LogP contribution >= 0.6 is 11.8 Å². The van der Waals surface area contributed by atoms with Crippen molar-refractivity contribution in [2.75, 3.05) is 16.8 Å². The number of ether oxygens (including phenoxy) is 1. The molecule has 3 heterocycles. The molecule has 3 aromatic rings. The Morgan fingerprint density at radius 1 is 1.23 bits per heavy atom. The molecule has 1 atom stereocenters.